The molecule has 4 heteroatoms. The molecule has 1 N–H and O–H groups in total. The van der Waals surface area contributed by atoms with Crippen molar-refractivity contribution in [3.8, 4) is 0 Å². The second kappa shape index (κ2) is 5.67. The molecule has 2 saturated heterocycles. The second-order valence-electron chi connectivity index (χ2n) is 7.07. The average molecular weight is 300 g/mol. The van der Waals surface area contributed by atoms with Gasteiger partial charge in [-0.2, -0.15) is 0 Å². The summed E-state index contributed by atoms with van der Waals surface area (Å²) in [5.41, 5.74) is 2.68. The van der Waals surface area contributed by atoms with E-state index >= 15 is 0 Å². The third kappa shape index (κ3) is 2.66. The van der Waals surface area contributed by atoms with Gasteiger partial charge in [0.05, 0.1) is 12.7 Å². The molecule has 0 spiro atoms. The Morgan fingerprint density at radius 2 is 1.95 bits per heavy atom. The van der Waals surface area contributed by atoms with Crippen LogP contribution in [-0.2, 0) is 22.4 Å². The van der Waals surface area contributed by atoms with Crippen molar-refractivity contribution in [2.24, 2.45) is 5.92 Å². The lowest BCUT2D eigenvalue weighted by molar-refractivity contribution is -0.125. The molecule has 2 aliphatic heterocycles. The average Bonchev–Trinajstić information content (AvgIpc) is 3.09. The lowest BCUT2D eigenvalue weighted by atomic mass is 10.0. The van der Waals surface area contributed by atoms with Crippen LogP contribution < -0.4 is 5.32 Å². The van der Waals surface area contributed by atoms with Crippen LogP contribution in [-0.4, -0.2) is 48.7 Å². The van der Waals surface area contributed by atoms with Gasteiger partial charge in [0.2, 0.25) is 5.91 Å². The predicted octanol–water partition coefficient (Wildman–Crippen LogP) is 1.38. The molecular formula is C18H24N2O2. The minimum atomic E-state index is 0.116. The Morgan fingerprint density at radius 3 is 2.68 bits per heavy atom. The third-order valence-electron chi connectivity index (χ3n) is 5.36. The number of amides is 1. The highest BCUT2D eigenvalue weighted by Gasteiger charge is 2.38. The molecule has 0 aromatic heterocycles. The molecule has 22 heavy (non-hydrogen) atoms. The molecule has 1 aromatic rings. The van der Waals surface area contributed by atoms with Gasteiger partial charge in [-0.05, 0) is 37.3 Å². The topological polar surface area (TPSA) is 41.6 Å². The number of ether oxygens (including phenoxy) is 1. The molecule has 2 fully saturated rings. The summed E-state index contributed by atoms with van der Waals surface area (Å²) in [5, 5.41) is 3.29. The number of nitrogens with zero attached hydrogens (tertiary/aromatic N) is 1. The molecule has 0 unspecified atom stereocenters. The van der Waals surface area contributed by atoms with E-state index in [1.54, 1.807) is 0 Å². The standard InChI is InChI=1S/C18H24N2O2/c1-12-9-20-10-16(8-17(20)11-22-12)19-18(21)15-6-13-4-2-3-5-14(13)7-15/h2-5,12,15-17H,6-11H2,1H3,(H,19,21)/t12-,16+,17+/m1/s1. The van der Waals surface area contributed by atoms with Gasteiger partial charge in [0.1, 0.15) is 0 Å². The van der Waals surface area contributed by atoms with Crippen LogP contribution in [0.4, 0.5) is 0 Å². The van der Waals surface area contributed by atoms with E-state index in [9.17, 15) is 4.79 Å². The van der Waals surface area contributed by atoms with Gasteiger partial charge < -0.3 is 10.1 Å². The first-order valence-electron chi connectivity index (χ1n) is 8.42. The molecule has 4 rings (SSSR count). The highest BCUT2D eigenvalue weighted by Crippen LogP contribution is 2.28. The van der Waals surface area contributed by atoms with Crippen LogP contribution in [0.5, 0.6) is 0 Å². The van der Waals surface area contributed by atoms with Crippen molar-refractivity contribution in [2.45, 2.75) is 44.4 Å². The summed E-state index contributed by atoms with van der Waals surface area (Å²) in [7, 11) is 0. The number of fused-ring (bicyclic) bond motifs is 2. The number of rotatable bonds is 2. The minimum Gasteiger partial charge on any atom is -0.376 e. The fourth-order valence-electron chi connectivity index (χ4n) is 4.21. The maximum Gasteiger partial charge on any atom is 0.224 e. The van der Waals surface area contributed by atoms with Crippen LogP contribution in [0.25, 0.3) is 0 Å². The molecule has 3 atom stereocenters. The predicted molar refractivity (Wildman–Crippen MR) is 84.7 cm³/mol. The largest absolute Gasteiger partial charge is 0.376 e. The van der Waals surface area contributed by atoms with E-state index in [1.165, 1.54) is 11.1 Å². The second-order valence-corrected chi connectivity index (χ2v) is 7.07. The van der Waals surface area contributed by atoms with Gasteiger partial charge in [-0.3, -0.25) is 9.69 Å². The summed E-state index contributed by atoms with van der Waals surface area (Å²) < 4.78 is 5.73. The lowest BCUT2D eigenvalue weighted by Crippen LogP contribution is -2.45. The molecule has 1 aromatic carbocycles. The number of hydrogen-bond donors (Lipinski definition) is 1. The van der Waals surface area contributed by atoms with Crippen LogP contribution in [0.3, 0.4) is 0 Å². The quantitative estimate of drug-likeness (QED) is 0.897. The number of carbonyl (C=O) groups excluding carboxylic acids is 1. The summed E-state index contributed by atoms with van der Waals surface area (Å²) in [4.78, 5) is 15.1. The van der Waals surface area contributed by atoms with E-state index < -0.39 is 0 Å². The number of carbonyl (C=O) groups is 1. The highest BCUT2D eigenvalue weighted by molar-refractivity contribution is 5.80. The fraction of sp³-hybridized carbons (Fsp3) is 0.611. The van der Waals surface area contributed by atoms with E-state index in [-0.39, 0.29) is 17.9 Å². The van der Waals surface area contributed by atoms with Crippen molar-refractivity contribution in [1.82, 2.24) is 10.2 Å². The Kier molecular flexibility index (Phi) is 3.66. The molecular weight excluding hydrogens is 276 g/mol. The molecule has 2 heterocycles. The van der Waals surface area contributed by atoms with Crippen molar-refractivity contribution >= 4 is 5.91 Å². The van der Waals surface area contributed by atoms with Crippen LogP contribution in [0.15, 0.2) is 24.3 Å². The van der Waals surface area contributed by atoms with E-state index in [2.05, 4.69) is 41.4 Å². The summed E-state index contributed by atoms with van der Waals surface area (Å²) in [6.45, 7) is 4.90. The number of hydrogen-bond acceptors (Lipinski definition) is 3. The van der Waals surface area contributed by atoms with Crippen LogP contribution in [0.2, 0.25) is 0 Å². The van der Waals surface area contributed by atoms with Crippen molar-refractivity contribution in [3.05, 3.63) is 35.4 Å². The fourth-order valence-corrected chi connectivity index (χ4v) is 4.21. The van der Waals surface area contributed by atoms with Crippen LogP contribution >= 0.6 is 0 Å². The van der Waals surface area contributed by atoms with Crippen molar-refractivity contribution < 1.29 is 9.53 Å². The Balaban J connectivity index is 1.34. The van der Waals surface area contributed by atoms with Crippen molar-refractivity contribution in [3.63, 3.8) is 0 Å². The molecule has 4 nitrogen and oxygen atoms in total. The smallest absolute Gasteiger partial charge is 0.224 e. The van der Waals surface area contributed by atoms with Gasteiger partial charge in [-0.1, -0.05) is 24.3 Å². The van der Waals surface area contributed by atoms with Gasteiger partial charge in [0.15, 0.2) is 0 Å². The summed E-state index contributed by atoms with van der Waals surface area (Å²) >= 11 is 0. The zero-order valence-electron chi connectivity index (χ0n) is 13.1. The molecule has 0 bridgehead atoms. The Bertz CT molecular complexity index is 549. The van der Waals surface area contributed by atoms with Crippen molar-refractivity contribution in [1.29, 1.82) is 0 Å². The van der Waals surface area contributed by atoms with Gasteiger partial charge in [-0.25, -0.2) is 0 Å². The number of nitrogens with one attached hydrogen (secondary N) is 1. The van der Waals surface area contributed by atoms with Crippen molar-refractivity contribution in [2.75, 3.05) is 19.7 Å². The third-order valence-corrected chi connectivity index (χ3v) is 5.36. The first kappa shape index (κ1) is 14.2. The van der Waals surface area contributed by atoms with E-state index in [0.29, 0.717) is 12.1 Å². The monoisotopic (exact) mass is 300 g/mol. The van der Waals surface area contributed by atoms with E-state index in [4.69, 9.17) is 4.74 Å². The molecule has 0 radical (unpaired) electrons. The number of morpholine rings is 1. The molecule has 1 amide bonds. The normalized spacial score (nSPS) is 31.8. The molecule has 0 saturated carbocycles. The molecule has 3 aliphatic rings. The summed E-state index contributed by atoms with van der Waals surface area (Å²) in [6, 6.07) is 9.20. The zero-order chi connectivity index (χ0) is 15.1. The maximum absolute atomic E-state index is 12.6. The van der Waals surface area contributed by atoms with Gasteiger partial charge >= 0.3 is 0 Å². The van der Waals surface area contributed by atoms with E-state index in [0.717, 1.165) is 39.0 Å². The van der Waals surface area contributed by atoms with Gasteiger partial charge in [0.25, 0.3) is 0 Å². The molecule has 1 aliphatic carbocycles. The maximum atomic E-state index is 12.6. The van der Waals surface area contributed by atoms with Gasteiger partial charge in [-0.15, -0.1) is 0 Å². The molecule has 118 valence electrons. The first-order chi connectivity index (χ1) is 10.7. The Hall–Kier alpha value is -1.39. The van der Waals surface area contributed by atoms with Crippen LogP contribution in [0.1, 0.15) is 24.5 Å². The zero-order valence-corrected chi connectivity index (χ0v) is 13.1. The van der Waals surface area contributed by atoms with Gasteiger partial charge in [0, 0.05) is 31.1 Å². The Morgan fingerprint density at radius 1 is 1.23 bits per heavy atom. The lowest BCUT2D eigenvalue weighted by Gasteiger charge is -2.33. The minimum absolute atomic E-state index is 0.116. The SMILES string of the molecule is C[C@@H]1CN2C[C@@H](NC(=O)C3Cc4ccccc4C3)C[C@H]2CO1. The Labute approximate surface area is 131 Å². The van der Waals surface area contributed by atoms with E-state index in [1.807, 2.05) is 0 Å². The highest BCUT2D eigenvalue weighted by atomic mass is 16.5. The summed E-state index contributed by atoms with van der Waals surface area (Å²) in [5.74, 6) is 0.347. The first-order valence-corrected chi connectivity index (χ1v) is 8.42. The van der Waals surface area contributed by atoms with Crippen LogP contribution in [0, 0.1) is 5.92 Å². The summed E-state index contributed by atoms with van der Waals surface area (Å²) in [6.07, 6.45) is 3.12. The number of benzene rings is 1.